The first-order chi connectivity index (χ1) is 16.0. The third kappa shape index (κ3) is 7.22. The molecule has 0 heterocycles. The molecule has 1 atom stereocenters. The van der Waals surface area contributed by atoms with Crippen LogP contribution in [0, 0.1) is 0 Å². The van der Waals surface area contributed by atoms with Crippen molar-refractivity contribution in [2.75, 3.05) is 6.61 Å². The molecule has 3 rings (SSSR count). The first-order valence-electron chi connectivity index (χ1n) is 11.8. The van der Waals surface area contributed by atoms with E-state index in [2.05, 4.69) is 42.0 Å². The van der Waals surface area contributed by atoms with Crippen molar-refractivity contribution in [3.8, 4) is 5.75 Å². The Kier molecular flexibility index (Phi) is 9.05. The summed E-state index contributed by atoms with van der Waals surface area (Å²) < 4.78 is 6.67. The Morgan fingerprint density at radius 3 is 2.50 bits per heavy atom. The van der Waals surface area contributed by atoms with Gasteiger partial charge in [-0.1, -0.05) is 63.4 Å². The van der Waals surface area contributed by atoms with E-state index in [1.165, 1.54) is 0 Å². The van der Waals surface area contributed by atoms with Gasteiger partial charge < -0.3 is 15.0 Å². The van der Waals surface area contributed by atoms with Gasteiger partial charge in [-0.05, 0) is 76.5 Å². The third-order valence-electron chi connectivity index (χ3n) is 6.26. The molecular weight excluding hydrogens is 516 g/mol. The maximum Gasteiger partial charge on any atom is 0.261 e. The molecule has 2 amide bonds. The second-order valence-corrected chi connectivity index (χ2v) is 11.3. The van der Waals surface area contributed by atoms with Crippen LogP contribution in [0.2, 0.25) is 5.02 Å². The molecule has 0 aliphatic heterocycles. The van der Waals surface area contributed by atoms with E-state index >= 15 is 0 Å². The van der Waals surface area contributed by atoms with E-state index in [1.54, 1.807) is 17.9 Å². The van der Waals surface area contributed by atoms with E-state index in [0.29, 0.717) is 10.8 Å². The summed E-state index contributed by atoms with van der Waals surface area (Å²) in [5, 5.41) is 3.70. The van der Waals surface area contributed by atoms with Crippen molar-refractivity contribution in [2.24, 2.45) is 0 Å². The Labute approximate surface area is 216 Å². The van der Waals surface area contributed by atoms with Crippen LogP contribution in [0.5, 0.6) is 5.75 Å². The molecule has 184 valence electrons. The Morgan fingerprint density at radius 2 is 1.88 bits per heavy atom. The molecule has 0 saturated heterocycles. The second-order valence-electron chi connectivity index (χ2n) is 10.0. The van der Waals surface area contributed by atoms with Crippen LogP contribution in [0.3, 0.4) is 0 Å². The van der Waals surface area contributed by atoms with E-state index < -0.39 is 6.04 Å². The van der Waals surface area contributed by atoms with Crippen LogP contribution in [0.1, 0.15) is 64.5 Å². The molecule has 1 saturated carbocycles. The van der Waals surface area contributed by atoms with Crippen LogP contribution < -0.4 is 10.1 Å². The van der Waals surface area contributed by atoms with Crippen molar-refractivity contribution in [3.63, 3.8) is 0 Å². The average Bonchev–Trinajstić information content (AvgIpc) is 3.28. The summed E-state index contributed by atoms with van der Waals surface area (Å²) in [6, 6.07) is 12.8. The van der Waals surface area contributed by atoms with Crippen molar-refractivity contribution < 1.29 is 14.3 Å². The van der Waals surface area contributed by atoms with Gasteiger partial charge in [-0.15, -0.1) is 0 Å². The molecule has 1 fully saturated rings. The van der Waals surface area contributed by atoms with E-state index in [1.807, 2.05) is 36.4 Å². The monoisotopic (exact) mass is 548 g/mol. The topological polar surface area (TPSA) is 58.6 Å². The van der Waals surface area contributed by atoms with Crippen LogP contribution in [-0.2, 0) is 21.5 Å². The van der Waals surface area contributed by atoms with Gasteiger partial charge in [0, 0.05) is 17.6 Å². The van der Waals surface area contributed by atoms with Gasteiger partial charge in [0.25, 0.3) is 5.91 Å². The zero-order valence-corrected chi connectivity index (χ0v) is 22.7. The Morgan fingerprint density at radius 1 is 1.18 bits per heavy atom. The van der Waals surface area contributed by atoms with Crippen LogP contribution in [0.4, 0.5) is 0 Å². The van der Waals surface area contributed by atoms with Crippen molar-refractivity contribution >= 4 is 39.3 Å². The summed E-state index contributed by atoms with van der Waals surface area (Å²) in [6.07, 6.45) is 4.23. The lowest BCUT2D eigenvalue weighted by molar-refractivity contribution is -0.142. The number of hydrogen-bond acceptors (Lipinski definition) is 3. The van der Waals surface area contributed by atoms with Crippen LogP contribution in [0.15, 0.2) is 46.9 Å². The Balaban J connectivity index is 1.73. The SMILES string of the molecule is C[C@@H](C(=O)NC1CCCC1)N(Cc1cccc(Cl)c1)C(=O)COc1ccc(C(C)(C)C)cc1Br. The number of rotatable bonds is 8. The largest absolute Gasteiger partial charge is 0.483 e. The lowest BCUT2D eigenvalue weighted by Crippen LogP contribution is -2.50. The lowest BCUT2D eigenvalue weighted by Gasteiger charge is -2.30. The predicted octanol–water partition coefficient (Wildman–Crippen LogP) is 6.25. The zero-order chi connectivity index (χ0) is 24.9. The summed E-state index contributed by atoms with van der Waals surface area (Å²) in [4.78, 5) is 27.8. The van der Waals surface area contributed by atoms with Crippen molar-refractivity contribution in [3.05, 3.63) is 63.1 Å². The van der Waals surface area contributed by atoms with Gasteiger partial charge >= 0.3 is 0 Å². The molecular formula is C27H34BrClN2O3. The summed E-state index contributed by atoms with van der Waals surface area (Å²) >= 11 is 9.71. The van der Waals surface area contributed by atoms with Gasteiger partial charge in [-0.3, -0.25) is 9.59 Å². The first kappa shape index (κ1) is 26.6. The number of halogens is 2. The number of carbonyl (C=O) groups excluding carboxylic acids is 2. The predicted molar refractivity (Wildman–Crippen MR) is 140 cm³/mol. The quantitative estimate of drug-likeness (QED) is 0.423. The molecule has 0 aromatic heterocycles. The highest BCUT2D eigenvalue weighted by atomic mass is 79.9. The standard InChI is InChI=1S/C27H34BrClN2O3/c1-18(26(33)30-22-10-5-6-11-22)31(16-19-8-7-9-21(29)14-19)25(32)17-34-24-13-12-20(15-23(24)28)27(2,3)4/h7-9,12-15,18,22H,5-6,10-11,16-17H2,1-4H3,(H,30,33)/t18-/m0/s1. The van der Waals surface area contributed by atoms with Gasteiger partial charge in [0.05, 0.1) is 4.47 Å². The summed E-state index contributed by atoms with van der Waals surface area (Å²) in [5.74, 6) is 0.186. The highest BCUT2D eigenvalue weighted by Crippen LogP contribution is 2.31. The fourth-order valence-electron chi connectivity index (χ4n) is 4.11. The van der Waals surface area contributed by atoms with Crippen molar-refractivity contribution in [2.45, 2.75) is 77.4 Å². The number of nitrogens with zero attached hydrogens (tertiary/aromatic N) is 1. The van der Waals surface area contributed by atoms with E-state index in [4.69, 9.17) is 16.3 Å². The van der Waals surface area contributed by atoms with Gasteiger partial charge in [0.15, 0.2) is 6.61 Å². The van der Waals surface area contributed by atoms with Gasteiger partial charge in [-0.25, -0.2) is 0 Å². The summed E-state index contributed by atoms with van der Waals surface area (Å²) in [5.41, 5.74) is 2.03. The van der Waals surface area contributed by atoms with Crippen LogP contribution in [0.25, 0.3) is 0 Å². The summed E-state index contributed by atoms with van der Waals surface area (Å²) in [7, 11) is 0. The van der Waals surface area contributed by atoms with Gasteiger partial charge in [0.2, 0.25) is 5.91 Å². The van der Waals surface area contributed by atoms with Crippen LogP contribution in [-0.4, -0.2) is 35.4 Å². The van der Waals surface area contributed by atoms with E-state index in [9.17, 15) is 9.59 Å². The Bertz CT molecular complexity index is 1020. The lowest BCUT2D eigenvalue weighted by atomic mass is 9.87. The highest BCUT2D eigenvalue weighted by molar-refractivity contribution is 9.10. The van der Waals surface area contributed by atoms with E-state index in [-0.39, 0.29) is 36.4 Å². The number of carbonyl (C=O) groups is 2. The summed E-state index contributed by atoms with van der Waals surface area (Å²) in [6.45, 7) is 8.29. The zero-order valence-electron chi connectivity index (χ0n) is 20.4. The molecule has 1 aliphatic carbocycles. The maximum atomic E-state index is 13.3. The molecule has 2 aromatic rings. The molecule has 0 bridgehead atoms. The molecule has 0 radical (unpaired) electrons. The molecule has 5 nitrogen and oxygen atoms in total. The van der Waals surface area contributed by atoms with Crippen LogP contribution >= 0.6 is 27.5 Å². The fraction of sp³-hybridized carbons (Fsp3) is 0.481. The fourth-order valence-corrected chi connectivity index (χ4v) is 4.82. The number of benzene rings is 2. The molecule has 0 spiro atoms. The molecule has 34 heavy (non-hydrogen) atoms. The number of ether oxygens (including phenoxy) is 1. The first-order valence-corrected chi connectivity index (χ1v) is 13.0. The minimum Gasteiger partial charge on any atom is -0.483 e. The Hall–Kier alpha value is -2.05. The van der Waals surface area contributed by atoms with E-state index in [0.717, 1.165) is 41.3 Å². The number of hydrogen-bond donors (Lipinski definition) is 1. The average molecular weight is 550 g/mol. The molecule has 7 heteroatoms. The molecule has 1 aliphatic rings. The minimum atomic E-state index is -0.637. The molecule has 1 N–H and O–H groups in total. The maximum absolute atomic E-state index is 13.3. The smallest absolute Gasteiger partial charge is 0.261 e. The molecule has 0 unspecified atom stereocenters. The second kappa shape index (κ2) is 11.6. The number of amides is 2. The minimum absolute atomic E-state index is 0.00668. The highest BCUT2D eigenvalue weighted by Gasteiger charge is 2.29. The van der Waals surface area contributed by atoms with Gasteiger partial charge in [0.1, 0.15) is 11.8 Å². The van der Waals surface area contributed by atoms with Crippen molar-refractivity contribution in [1.29, 1.82) is 0 Å². The molecule has 2 aromatic carbocycles. The third-order valence-corrected chi connectivity index (χ3v) is 7.11. The van der Waals surface area contributed by atoms with Crippen molar-refractivity contribution in [1.82, 2.24) is 10.2 Å². The number of nitrogens with one attached hydrogen (secondary N) is 1. The van der Waals surface area contributed by atoms with Gasteiger partial charge in [-0.2, -0.15) is 0 Å². The normalized spacial score (nSPS) is 15.1.